The van der Waals surface area contributed by atoms with Crippen LogP contribution in [0.4, 0.5) is 0 Å². The number of ether oxygens (including phenoxy) is 1. The lowest BCUT2D eigenvalue weighted by molar-refractivity contribution is -0.134. The number of carbonyl (C=O) groups excluding carboxylic acids is 2. The van der Waals surface area contributed by atoms with E-state index in [1.54, 1.807) is 0 Å². The molecule has 0 aliphatic carbocycles. The summed E-state index contributed by atoms with van der Waals surface area (Å²) in [5, 5.41) is 3.08. The maximum atomic E-state index is 12.4. The van der Waals surface area contributed by atoms with Gasteiger partial charge in [-0.05, 0) is 37.7 Å². The Morgan fingerprint density at radius 1 is 1.12 bits per heavy atom. The standard InChI is InChI=1S/C20H29N3O3/c21-14-17-7-8-18(26-17)20(25)22-16-10-12-23(13-11-16)19(24)9-6-15-4-2-1-3-5-15/h1-5,16-18H,6-14,21H2,(H,22,25)/t17-,18+/m1/s1. The number of nitrogens with two attached hydrogens (primary N) is 1. The molecule has 0 bridgehead atoms. The highest BCUT2D eigenvalue weighted by atomic mass is 16.5. The third kappa shape index (κ3) is 5.05. The molecule has 6 heteroatoms. The molecular formula is C20H29N3O3. The van der Waals surface area contributed by atoms with Crippen LogP contribution in [0.5, 0.6) is 0 Å². The molecule has 2 atom stereocenters. The van der Waals surface area contributed by atoms with Gasteiger partial charge in [0, 0.05) is 32.1 Å². The molecule has 0 saturated carbocycles. The minimum atomic E-state index is -0.367. The molecule has 0 unspecified atom stereocenters. The number of piperidine rings is 1. The van der Waals surface area contributed by atoms with Crippen LogP contribution in [0.15, 0.2) is 30.3 Å². The van der Waals surface area contributed by atoms with E-state index in [2.05, 4.69) is 17.4 Å². The van der Waals surface area contributed by atoms with Gasteiger partial charge in [0.25, 0.3) is 0 Å². The van der Waals surface area contributed by atoms with Crippen LogP contribution in [0, 0.1) is 0 Å². The number of nitrogens with zero attached hydrogens (tertiary/aromatic N) is 1. The van der Waals surface area contributed by atoms with Gasteiger partial charge in [-0.3, -0.25) is 9.59 Å². The quantitative estimate of drug-likeness (QED) is 0.800. The van der Waals surface area contributed by atoms with Crippen LogP contribution in [-0.4, -0.2) is 54.6 Å². The van der Waals surface area contributed by atoms with E-state index in [0.29, 0.717) is 26.1 Å². The van der Waals surface area contributed by atoms with Crippen LogP contribution < -0.4 is 11.1 Å². The number of likely N-dealkylation sites (tertiary alicyclic amines) is 1. The van der Waals surface area contributed by atoms with Gasteiger partial charge >= 0.3 is 0 Å². The maximum absolute atomic E-state index is 12.4. The minimum absolute atomic E-state index is 0.00911. The summed E-state index contributed by atoms with van der Waals surface area (Å²) in [5.74, 6) is 0.165. The first kappa shape index (κ1) is 18.9. The molecular weight excluding hydrogens is 330 g/mol. The normalized spacial score (nSPS) is 23.8. The number of aryl methyl sites for hydroxylation is 1. The summed E-state index contributed by atoms with van der Waals surface area (Å²) in [5.41, 5.74) is 6.78. The minimum Gasteiger partial charge on any atom is -0.364 e. The van der Waals surface area contributed by atoms with Gasteiger partial charge in [0.15, 0.2) is 0 Å². The number of hydrogen-bond acceptors (Lipinski definition) is 4. The zero-order valence-corrected chi connectivity index (χ0v) is 15.2. The molecule has 2 amide bonds. The summed E-state index contributed by atoms with van der Waals surface area (Å²) in [6, 6.07) is 10.2. The van der Waals surface area contributed by atoms with Crippen molar-refractivity contribution < 1.29 is 14.3 Å². The van der Waals surface area contributed by atoms with Crippen molar-refractivity contribution in [2.24, 2.45) is 5.73 Å². The van der Waals surface area contributed by atoms with Crippen LogP contribution in [0.3, 0.4) is 0 Å². The van der Waals surface area contributed by atoms with Gasteiger partial charge in [0.05, 0.1) is 6.10 Å². The van der Waals surface area contributed by atoms with Gasteiger partial charge in [-0.2, -0.15) is 0 Å². The van der Waals surface area contributed by atoms with Gasteiger partial charge < -0.3 is 20.7 Å². The molecule has 2 saturated heterocycles. The lowest BCUT2D eigenvalue weighted by Crippen LogP contribution is -2.49. The van der Waals surface area contributed by atoms with Crippen molar-refractivity contribution in [2.75, 3.05) is 19.6 Å². The highest BCUT2D eigenvalue weighted by molar-refractivity contribution is 5.81. The largest absolute Gasteiger partial charge is 0.364 e. The predicted molar refractivity (Wildman–Crippen MR) is 99.5 cm³/mol. The predicted octanol–water partition coefficient (Wildman–Crippen LogP) is 1.23. The van der Waals surface area contributed by atoms with Gasteiger partial charge in [-0.25, -0.2) is 0 Å². The SMILES string of the molecule is NC[C@H]1CC[C@@H](C(=O)NC2CCN(C(=O)CCc3ccccc3)CC2)O1. The number of benzene rings is 1. The Morgan fingerprint density at radius 2 is 1.85 bits per heavy atom. The molecule has 1 aromatic carbocycles. The Balaban J connectivity index is 1.37. The highest BCUT2D eigenvalue weighted by Crippen LogP contribution is 2.20. The third-order valence-corrected chi connectivity index (χ3v) is 5.33. The van der Waals surface area contributed by atoms with Crippen molar-refractivity contribution in [2.45, 2.75) is 56.8 Å². The van der Waals surface area contributed by atoms with Crippen molar-refractivity contribution in [1.29, 1.82) is 0 Å². The van der Waals surface area contributed by atoms with Crippen LogP contribution in [0.25, 0.3) is 0 Å². The zero-order chi connectivity index (χ0) is 18.4. The molecule has 2 heterocycles. The number of carbonyl (C=O) groups is 2. The highest BCUT2D eigenvalue weighted by Gasteiger charge is 2.32. The lowest BCUT2D eigenvalue weighted by atomic mass is 10.0. The fraction of sp³-hybridized carbons (Fsp3) is 0.600. The third-order valence-electron chi connectivity index (χ3n) is 5.33. The first-order valence-corrected chi connectivity index (χ1v) is 9.63. The molecule has 142 valence electrons. The molecule has 3 rings (SSSR count). The van der Waals surface area contributed by atoms with E-state index in [-0.39, 0.29) is 30.1 Å². The molecule has 0 aromatic heterocycles. The van der Waals surface area contributed by atoms with E-state index in [9.17, 15) is 9.59 Å². The van der Waals surface area contributed by atoms with Crippen LogP contribution in [0.2, 0.25) is 0 Å². The number of amides is 2. The number of hydrogen-bond donors (Lipinski definition) is 2. The van der Waals surface area contributed by atoms with Crippen molar-refractivity contribution in [3.63, 3.8) is 0 Å². The average Bonchev–Trinajstić information content (AvgIpc) is 3.17. The fourth-order valence-electron chi connectivity index (χ4n) is 3.69. The summed E-state index contributed by atoms with van der Waals surface area (Å²) < 4.78 is 5.65. The number of rotatable bonds is 6. The van der Waals surface area contributed by atoms with E-state index < -0.39 is 0 Å². The lowest BCUT2D eigenvalue weighted by Gasteiger charge is -2.33. The van der Waals surface area contributed by atoms with Crippen molar-refractivity contribution in [1.82, 2.24) is 10.2 Å². The van der Waals surface area contributed by atoms with Gasteiger partial charge in [-0.15, -0.1) is 0 Å². The first-order chi connectivity index (χ1) is 12.7. The van der Waals surface area contributed by atoms with Crippen molar-refractivity contribution >= 4 is 11.8 Å². The van der Waals surface area contributed by atoms with Crippen molar-refractivity contribution in [3.05, 3.63) is 35.9 Å². The summed E-state index contributed by atoms with van der Waals surface area (Å²) >= 11 is 0. The van der Waals surface area contributed by atoms with E-state index in [4.69, 9.17) is 10.5 Å². The Labute approximate surface area is 155 Å². The van der Waals surface area contributed by atoms with E-state index in [1.165, 1.54) is 5.56 Å². The summed E-state index contributed by atoms with van der Waals surface area (Å²) in [7, 11) is 0. The molecule has 26 heavy (non-hydrogen) atoms. The maximum Gasteiger partial charge on any atom is 0.249 e. The van der Waals surface area contributed by atoms with Crippen LogP contribution in [-0.2, 0) is 20.7 Å². The smallest absolute Gasteiger partial charge is 0.249 e. The first-order valence-electron chi connectivity index (χ1n) is 9.63. The molecule has 0 spiro atoms. The van der Waals surface area contributed by atoms with E-state index in [1.807, 2.05) is 23.1 Å². The van der Waals surface area contributed by atoms with Crippen molar-refractivity contribution in [3.8, 4) is 0 Å². The Hall–Kier alpha value is -1.92. The topological polar surface area (TPSA) is 84.7 Å². The molecule has 0 radical (unpaired) electrons. The Morgan fingerprint density at radius 3 is 2.50 bits per heavy atom. The molecule has 3 N–H and O–H groups in total. The average molecular weight is 359 g/mol. The van der Waals surface area contributed by atoms with E-state index in [0.717, 1.165) is 32.1 Å². The second-order valence-electron chi connectivity index (χ2n) is 7.21. The molecule has 2 aliphatic heterocycles. The van der Waals surface area contributed by atoms with Crippen LogP contribution in [0.1, 0.15) is 37.7 Å². The second kappa shape index (κ2) is 9.14. The Kier molecular flexibility index (Phi) is 6.63. The fourth-order valence-corrected chi connectivity index (χ4v) is 3.69. The molecule has 2 fully saturated rings. The second-order valence-corrected chi connectivity index (χ2v) is 7.21. The molecule has 2 aliphatic rings. The van der Waals surface area contributed by atoms with Gasteiger partial charge in [0.1, 0.15) is 6.10 Å². The molecule has 6 nitrogen and oxygen atoms in total. The Bertz CT molecular complexity index is 600. The summed E-state index contributed by atoms with van der Waals surface area (Å²) in [6.07, 6.45) is 4.15. The van der Waals surface area contributed by atoms with Gasteiger partial charge in [-0.1, -0.05) is 30.3 Å². The molecule has 1 aromatic rings. The van der Waals surface area contributed by atoms with Gasteiger partial charge in [0.2, 0.25) is 11.8 Å². The summed E-state index contributed by atoms with van der Waals surface area (Å²) in [4.78, 5) is 26.6. The van der Waals surface area contributed by atoms with Crippen LogP contribution >= 0.6 is 0 Å². The number of nitrogens with one attached hydrogen (secondary N) is 1. The van der Waals surface area contributed by atoms with E-state index >= 15 is 0 Å². The zero-order valence-electron chi connectivity index (χ0n) is 15.2. The monoisotopic (exact) mass is 359 g/mol. The summed E-state index contributed by atoms with van der Waals surface area (Å²) in [6.45, 7) is 1.87.